The normalized spacial score (nSPS) is 14.0. The molecule has 1 fully saturated rings. The van der Waals surface area contributed by atoms with Crippen molar-refractivity contribution >= 4 is 27.4 Å². The Bertz CT molecular complexity index is 905. The van der Waals surface area contributed by atoms with Crippen molar-refractivity contribution in [3.63, 3.8) is 0 Å². The molecule has 0 spiro atoms. The Labute approximate surface area is 150 Å². The van der Waals surface area contributed by atoms with Gasteiger partial charge in [0.1, 0.15) is 16.5 Å². The molecule has 0 unspecified atom stereocenters. The number of hydrogen-bond donors (Lipinski definition) is 1. The van der Waals surface area contributed by atoms with E-state index >= 15 is 0 Å². The van der Waals surface area contributed by atoms with Crippen LogP contribution < -0.4 is 9.64 Å². The maximum Gasteiger partial charge on any atom is 0.160 e. The number of fused-ring (bicyclic) bond motifs is 1. The number of nitrogens with zero attached hydrogens (tertiary/aromatic N) is 3. The fraction of sp³-hybridized carbons (Fsp3) is 0.368. The van der Waals surface area contributed by atoms with E-state index in [4.69, 9.17) is 9.72 Å². The molecule has 2 aromatic heterocycles. The summed E-state index contributed by atoms with van der Waals surface area (Å²) in [7, 11) is 1.57. The van der Waals surface area contributed by atoms with E-state index < -0.39 is 0 Å². The zero-order valence-electron chi connectivity index (χ0n) is 14.4. The predicted octanol–water partition coefficient (Wildman–Crippen LogP) is 4.14. The van der Waals surface area contributed by atoms with Crippen LogP contribution in [0.3, 0.4) is 0 Å². The van der Waals surface area contributed by atoms with E-state index in [-0.39, 0.29) is 5.75 Å². The lowest BCUT2D eigenvalue weighted by Crippen LogP contribution is -2.26. The summed E-state index contributed by atoms with van der Waals surface area (Å²) in [6.45, 7) is 2.83. The number of aromatic hydroxyl groups is 1. The first-order chi connectivity index (χ1) is 12.2. The van der Waals surface area contributed by atoms with Crippen LogP contribution >= 0.6 is 11.3 Å². The molecule has 0 amide bonds. The predicted molar refractivity (Wildman–Crippen MR) is 101 cm³/mol. The van der Waals surface area contributed by atoms with Gasteiger partial charge in [0.25, 0.3) is 0 Å². The van der Waals surface area contributed by atoms with E-state index in [0.29, 0.717) is 11.8 Å². The average molecular weight is 355 g/mol. The van der Waals surface area contributed by atoms with Gasteiger partial charge in [-0.2, -0.15) is 0 Å². The number of ether oxygens (including phenoxy) is 1. The summed E-state index contributed by atoms with van der Waals surface area (Å²) in [4.78, 5) is 12.9. The van der Waals surface area contributed by atoms with Crippen molar-refractivity contribution in [3.05, 3.63) is 41.0 Å². The molecule has 130 valence electrons. The summed E-state index contributed by atoms with van der Waals surface area (Å²) in [5.74, 6) is 2.59. The van der Waals surface area contributed by atoms with Gasteiger partial charge in [0.05, 0.1) is 12.5 Å². The number of hydrogen-bond acceptors (Lipinski definition) is 6. The maximum atomic E-state index is 9.83. The number of aryl methyl sites for hydroxylation is 1. The van der Waals surface area contributed by atoms with Crippen LogP contribution in [0.25, 0.3) is 10.2 Å². The number of methoxy groups -OCH3 is 1. The summed E-state index contributed by atoms with van der Waals surface area (Å²) in [5.41, 5.74) is 1.10. The van der Waals surface area contributed by atoms with Gasteiger partial charge in [0.15, 0.2) is 11.5 Å². The van der Waals surface area contributed by atoms with Crippen molar-refractivity contribution in [1.29, 1.82) is 0 Å². The number of rotatable bonds is 6. The zero-order valence-corrected chi connectivity index (χ0v) is 15.2. The molecule has 1 aliphatic rings. The number of aromatic nitrogens is 2. The van der Waals surface area contributed by atoms with E-state index in [2.05, 4.69) is 28.3 Å². The van der Waals surface area contributed by atoms with Gasteiger partial charge in [-0.15, -0.1) is 11.3 Å². The molecule has 0 bridgehead atoms. The van der Waals surface area contributed by atoms with Crippen LogP contribution in [0.1, 0.15) is 31.2 Å². The number of anilines is 1. The highest BCUT2D eigenvalue weighted by Crippen LogP contribution is 2.37. The summed E-state index contributed by atoms with van der Waals surface area (Å²) < 4.78 is 5.25. The molecule has 1 aliphatic carbocycles. The summed E-state index contributed by atoms with van der Waals surface area (Å²) >= 11 is 1.66. The molecular weight excluding hydrogens is 334 g/mol. The van der Waals surface area contributed by atoms with Crippen LogP contribution in [-0.2, 0) is 13.0 Å². The molecule has 25 heavy (non-hydrogen) atoms. The first kappa shape index (κ1) is 16.1. The molecule has 2 heterocycles. The van der Waals surface area contributed by atoms with Crippen molar-refractivity contribution in [2.45, 2.75) is 38.8 Å². The Hall–Kier alpha value is -2.34. The lowest BCUT2D eigenvalue weighted by Gasteiger charge is -2.25. The van der Waals surface area contributed by atoms with E-state index in [1.54, 1.807) is 24.5 Å². The second-order valence-electron chi connectivity index (χ2n) is 6.32. The highest BCUT2D eigenvalue weighted by atomic mass is 32.1. The minimum Gasteiger partial charge on any atom is -0.504 e. The maximum absolute atomic E-state index is 9.83. The molecule has 1 aromatic carbocycles. The summed E-state index contributed by atoms with van der Waals surface area (Å²) in [5, 5.41) is 13.0. The van der Waals surface area contributed by atoms with Gasteiger partial charge >= 0.3 is 0 Å². The Balaban J connectivity index is 1.74. The van der Waals surface area contributed by atoms with Gasteiger partial charge in [0.2, 0.25) is 0 Å². The fourth-order valence-corrected chi connectivity index (χ4v) is 3.82. The molecule has 0 aliphatic heterocycles. The quantitative estimate of drug-likeness (QED) is 0.720. The minimum atomic E-state index is 0.166. The van der Waals surface area contributed by atoms with Crippen LogP contribution in [-0.4, -0.2) is 28.2 Å². The van der Waals surface area contributed by atoms with Gasteiger partial charge in [-0.1, -0.05) is 13.0 Å². The summed E-state index contributed by atoms with van der Waals surface area (Å²) in [6, 6.07) is 8.16. The van der Waals surface area contributed by atoms with E-state index in [0.717, 1.165) is 40.4 Å². The molecule has 1 N–H and O–H groups in total. The first-order valence-corrected chi connectivity index (χ1v) is 9.44. The standard InChI is InChI=1S/C19H21N3O2S/c1-3-17-20-18(14-8-9-25-19(14)21-17)22(13-5-6-13)11-12-4-7-15(23)16(10-12)24-2/h4,7-10,13,23H,3,5-6,11H2,1-2H3. The molecule has 0 radical (unpaired) electrons. The minimum absolute atomic E-state index is 0.166. The van der Waals surface area contributed by atoms with Crippen molar-refractivity contribution in [1.82, 2.24) is 9.97 Å². The van der Waals surface area contributed by atoms with Crippen LogP contribution in [0.2, 0.25) is 0 Å². The van der Waals surface area contributed by atoms with Crippen LogP contribution in [0.5, 0.6) is 11.5 Å². The molecule has 0 saturated heterocycles. The molecule has 1 saturated carbocycles. The van der Waals surface area contributed by atoms with Crippen molar-refractivity contribution in [2.24, 2.45) is 0 Å². The Morgan fingerprint density at radius 1 is 1.28 bits per heavy atom. The molecular formula is C19H21N3O2S. The topological polar surface area (TPSA) is 58.5 Å². The third-order valence-corrected chi connectivity index (χ3v) is 5.33. The van der Waals surface area contributed by atoms with Crippen molar-refractivity contribution in [2.75, 3.05) is 12.0 Å². The largest absolute Gasteiger partial charge is 0.504 e. The smallest absolute Gasteiger partial charge is 0.160 e. The SMILES string of the molecule is CCc1nc(N(Cc2ccc(O)c(OC)c2)C2CC2)c2ccsc2n1. The number of thiophene rings is 1. The average Bonchev–Trinajstić information content (AvgIpc) is 3.36. The molecule has 4 rings (SSSR count). The van der Waals surface area contributed by atoms with Crippen LogP contribution in [0, 0.1) is 0 Å². The second-order valence-corrected chi connectivity index (χ2v) is 7.22. The fourth-order valence-electron chi connectivity index (χ4n) is 3.04. The monoisotopic (exact) mass is 355 g/mol. The summed E-state index contributed by atoms with van der Waals surface area (Å²) in [6.07, 6.45) is 3.20. The van der Waals surface area contributed by atoms with Gasteiger partial charge in [-0.25, -0.2) is 9.97 Å². The lowest BCUT2D eigenvalue weighted by molar-refractivity contribution is 0.373. The van der Waals surface area contributed by atoms with Crippen LogP contribution in [0.15, 0.2) is 29.6 Å². The van der Waals surface area contributed by atoms with E-state index in [1.807, 2.05) is 12.1 Å². The third kappa shape index (κ3) is 3.14. The number of benzene rings is 1. The van der Waals surface area contributed by atoms with Crippen LogP contribution in [0.4, 0.5) is 5.82 Å². The molecule has 5 nitrogen and oxygen atoms in total. The zero-order chi connectivity index (χ0) is 17.4. The van der Waals surface area contributed by atoms with Crippen molar-refractivity contribution in [3.8, 4) is 11.5 Å². The molecule has 0 atom stereocenters. The van der Waals surface area contributed by atoms with Gasteiger partial charge in [-0.05, 0) is 42.0 Å². The first-order valence-electron chi connectivity index (χ1n) is 8.56. The Morgan fingerprint density at radius 2 is 2.12 bits per heavy atom. The Morgan fingerprint density at radius 3 is 2.84 bits per heavy atom. The van der Waals surface area contributed by atoms with Crippen molar-refractivity contribution < 1.29 is 9.84 Å². The Kier molecular flexibility index (Phi) is 4.21. The van der Waals surface area contributed by atoms with Gasteiger partial charge < -0.3 is 14.7 Å². The second kappa shape index (κ2) is 6.52. The van der Waals surface area contributed by atoms with E-state index in [9.17, 15) is 5.11 Å². The van der Waals surface area contributed by atoms with E-state index in [1.165, 1.54) is 12.8 Å². The number of phenolic OH excluding ortho intramolecular Hbond substituents is 1. The lowest BCUT2D eigenvalue weighted by atomic mass is 10.1. The molecule has 6 heteroatoms. The molecule has 3 aromatic rings. The van der Waals surface area contributed by atoms with Gasteiger partial charge in [0, 0.05) is 19.0 Å². The van der Waals surface area contributed by atoms with Gasteiger partial charge in [-0.3, -0.25) is 0 Å². The highest BCUT2D eigenvalue weighted by Gasteiger charge is 2.31. The third-order valence-electron chi connectivity index (χ3n) is 4.52. The highest BCUT2D eigenvalue weighted by molar-refractivity contribution is 7.16. The number of phenols is 1.